The number of ketones is 2. The molecule has 2 aromatic carbocycles. The van der Waals surface area contributed by atoms with Crippen molar-refractivity contribution in [2.75, 3.05) is 10.2 Å². The minimum absolute atomic E-state index is 0.135. The van der Waals surface area contributed by atoms with E-state index in [9.17, 15) is 14.4 Å². The quantitative estimate of drug-likeness (QED) is 0.361. The highest BCUT2D eigenvalue weighted by Crippen LogP contribution is 2.58. The van der Waals surface area contributed by atoms with Crippen LogP contribution in [0.25, 0.3) is 6.08 Å². The van der Waals surface area contributed by atoms with Gasteiger partial charge in [0.1, 0.15) is 11.5 Å². The first-order valence-electron chi connectivity index (χ1n) is 11.7. The Hall–Kier alpha value is -3.81. The number of benzene rings is 2. The van der Waals surface area contributed by atoms with Crippen molar-refractivity contribution in [3.05, 3.63) is 111 Å². The molecule has 3 aliphatic rings. The lowest BCUT2D eigenvalue weighted by atomic mass is 9.65. The lowest BCUT2D eigenvalue weighted by Crippen LogP contribution is -2.51. The van der Waals surface area contributed by atoms with E-state index in [1.807, 2.05) is 88.5 Å². The van der Waals surface area contributed by atoms with Gasteiger partial charge < -0.3 is 10.2 Å². The summed E-state index contributed by atoms with van der Waals surface area (Å²) in [5, 5.41) is 6.78. The lowest BCUT2D eigenvalue weighted by Gasteiger charge is -2.37. The Bertz CT molecular complexity index is 1560. The number of Topliss-reactive ketones (excluding diaryl/α,β-unsaturated/α-hetero) is 2. The van der Waals surface area contributed by atoms with E-state index in [1.54, 1.807) is 12.1 Å². The Morgan fingerprint density at radius 3 is 2.28 bits per heavy atom. The first kappa shape index (κ1) is 21.5. The SMILES string of the molecule is O=C(c1cccs1)[C@@H]1[C@H](C(=O)c2cccs2)[C@]2(C(=O)Nc3ccccc32)[C@@H]2C=Cc3ccccc3N12. The van der Waals surface area contributed by atoms with Gasteiger partial charge in [-0.2, -0.15) is 0 Å². The first-order valence-corrected chi connectivity index (χ1v) is 13.5. The number of nitrogens with zero attached hydrogens (tertiary/aromatic N) is 1. The highest BCUT2D eigenvalue weighted by molar-refractivity contribution is 7.12. The van der Waals surface area contributed by atoms with Crippen molar-refractivity contribution < 1.29 is 14.4 Å². The maximum absolute atomic E-state index is 14.4. The molecule has 1 amide bonds. The van der Waals surface area contributed by atoms with Crippen LogP contribution in [-0.2, 0) is 10.2 Å². The Morgan fingerprint density at radius 2 is 1.53 bits per heavy atom. The molecule has 1 fully saturated rings. The van der Waals surface area contributed by atoms with E-state index in [2.05, 4.69) is 5.32 Å². The predicted molar refractivity (Wildman–Crippen MR) is 143 cm³/mol. The van der Waals surface area contributed by atoms with Crippen molar-refractivity contribution >= 4 is 57.6 Å². The molecule has 7 rings (SSSR count). The largest absolute Gasteiger partial charge is 0.352 e. The zero-order valence-corrected chi connectivity index (χ0v) is 20.6. The van der Waals surface area contributed by atoms with Gasteiger partial charge in [0.25, 0.3) is 0 Å². The molecular weight excluding hydrogens is 488 g/mol. The van der Waals surface area contributed by atoms with Crippen LogP contribution in [0.4, 0.5) is 11.4 Å². The molecule has 5 nitrogen and oxygen atoms in total. The second kappa shape index (κ2) is 7.85. The monoisotopic (exact) mass is 508 g/mol. The highest BCUT2D eigenvalue weighted by Gasteiger charge is 2.70. The second-order valence-corrected chi connectivity index (χ2v) is 11.1. The van der Waals surface area contributed by atoms with Crippen LogP contribution in [0.15, 0.2) is 89.6 Å². The third kappa shape index (κ3) is 2.72. The van der Waals surface area contributed by atoms with E-state index in [0.29, 0.717) is 15.4 Å². The molecule has 3 aliphatic heterocycles. The third-order valence-electron chi connectivity index (χ3n) is 7.62. The summed E-state index contributed by atoms with van der Waals surface area (Å²) in [6.45, 7) is 0. The van der Waals surface area contributed by atoms with Crippen LogP contribution >= 0.6 is 22.7 Å². The molecule has 0 bridgehead atoms. The number of anilines is 2. The summed E-state index contributed by atoms with van der Waals surface area (Å²) in [5.74, 6) is -1.45. The van der Waals surface area contributed by atoms with Crippen molar-refractivity contribution in [3.63, 3.8) is 0 Å². The zero-order valence-electron chi connectivity index (χ0n) is 19.0. The summed E-state index contributed by atoms with van der Waals surface area (Å²) >= 11 is 2.71. The van der Waals surface area contributed by atoms with Gasteiger partial charge in [-0.05, 0) is 46.2 Å². The highest BCUT2D eigenvalue weighted by atomic mass is 32.1. The van der Waals surface area contributed by atoms with Gasteiger partial charge in [-0.25, -0.2) is 0 Å². The van der Waals surface area contributed by atoms with E-state index in [0.717, 1.165) is 16.8 Å². The molecule has 1 N–H and O–H groups in total. The molecule has 2 aromatic heterocycles. The minimum atomic E-state index is -1.25. The molecule has 176 valence electrons. The van der Waals surface area contributed by atoms with Gasteiger partial charge in [0.2, 0.25) is 5.91 Å². The van der Waals surface area contributed by atoms with Crippen LogP contribution in [0.2, 0.25) is 0 Å². The number of fused-ring (bicyclic) bond motifs is 6. The molecule has 0 aliphatic carbocycles. The topological polar surface area (TPSA) is 66.5 Å². The molecule has 4 atom stereocenters. The van der Waals surface area contributed by atoms with Crippen LogP contribution in [0, 0.1) is 5.92 Å². The predicted octanol–water partition coefficient (Wildman–Crippen LogP) is 5.67. The fraction of sp³-hybridized carbons (Fsp3) is 0.138. The van der Waals surface area contributed by atoms with Gasteiger partial charge in [0, 0.05) is 11.4 Å². The smallest absolute Gasteiger partial charge is 0.238 e. The molecule has 1 saturated heterocycles. The van der Waals surface area contributed by atoms with Crippen molar-refractivity contribution in [3.8, 4) is 0 Å². The van der Waals surface area contributed by atoms with Gasteiger partial charge in [-0.1, -0.05) is 60.7 Å². The molecule has 0 saturated carbocycles. The van der Waals surface area contributed by atoms with Crippen molar-refractivity contribution in [1.29, 1.82) is 0 Å². The number of hydrogen-bond acceptors (Lipinski definition) is 6. The Labute approximate surface area is 215 Å². The normalized spacial score (nSPS) is 25.4. The van der Waals surface area contributed by atoms with Crippen LogP contribution in [0.3, 0.4) is 0 Å². The summed E-state index contributed by atoms with van der Waals surface area (Å²) in [6, 6.07) is 21.4. The minimum Gasteiger partial charge on any atom is -0.352 e. The second-order valence-electron chi connectivity index (χ2n) is 9.24. The number of carbonyl (C=O) groups excluding carboxylic acids is 3. The fourth-order valence-corrected chi connectivity index (χ4v) is 7.66. The summed E-state index contributed by atoms with van der Waals surface area (Å²) in [4.78, 5) is 46.0. The first-order chi connectivity index (χ1) is 17.6. The van der Waals surface area contributed by atoms with Crippen molar-refractivity contribution in [2.24, 2.45) is 5.92 Å². The zero-order chi connectivity index (χ0) is 24.4. The van der Waals surface area contributed by atoms with Gasteiger partial charge in [0.05, 0.1) is 21.7 Å². The van der Waals surface area contributed by atoms with Crippen LogP contribution < -0.4 is 10.2 Å². The van der Waals surface area contributed by atoms with E-state index >= 15 is 0 Å². The Kier molecular flexibility index (Phi) is 4.68. The van der Waals surface area contributed by atoms with Gasteiger partial charge >= 0.3 is 0 Å². The van der Waals surface area contributed by atoms with E-state index in [-0.39, 0.29) is 17.5 Å². The summed E-state index contributed by atoms with van der Waals surface area (Å²) < 4.78 is 0. The summed E-state index contributed by atoms with van der Waals surface area (Å²) in [6.07, 6.45) is 4.01. The van der Waals surface area contributed by atoms with Gasteiger partial charge in [0.15, 0.2) is 11.6 Å². The summed E-state index contributed by atoms with van der Waals surface area (Å²) in [7, 11) is 0. The maximum Gasteiger partial charge on any atom is 0.238 e. The number of hydrogen-bond donors (Lipinski definition) is 1. The van der Waals surface area contributed by atoms with Crippen molar-refractivity contribution in [1.82, 2.24) is 0 Å². The Morgan fingerprint density at radius 1 is 0.833 bits per heavy atom. The van der Waals surface area contributed by atoms with E-state index < -0.39 is 23.4 Å². The van der Waals surface area contributed by atoms with Gasteiger partial charge in [-0.3, -0.25) is 14.4 Å². The average molecular weight is 509 g/mol. The Balaban J connectivity index is 1.55. The number of thiophene rings is 2. The fourth-order valence-electron chi connectivity index (χ4n) is 6.26. The lowest BCUT2D eigenvalue weighted by molar-refractivity contribution is -0.121. The van der Waals surface area contributed by atoms with Crippen LogP contribution in [0.5, 0.6) is 0 Å². The number of amides is 1. The molecule has 5 heterocycles. The van der Waals surface area contributed by atoms with E-state index in [1.165, 1.54) is 22.7 Å². The standard InChI is InChI=1S/C29H20N2O3S2/c32-26(21-11-5-15-35-21)24-25(27(33)22-12-6-16-36-22)31-20-10-4-1-7-17(20)13-14-23(31)29(24)18-8-2-3-9-19(18)30-28(29)34/h1-16,23-25H,(H,30,34)/t23-,24+,25-,29+/m0/s1. The number of rotatable bonds is 4. The molecule has 7 heteroatoms. The molecule has 0 unspecified atom stereocenters. The third-order valence-corrected chi connectivity index (χ3v) is 9.39. The molecule has 0 radical (unpaired) electrons. The average Bonchev–Trinajstić information content (AvgIpc) is 3.70. The van der Waals surface area contributed by atoms with E-state index in [4.69, 9.17) is 0 Å². The van der Waals surface area contributed by atoms with Crippen LogP contribution in [0.1, 0.15) is 30.5 Å². The van der Waals surface area contributed by atoms with Gasteiger partial charge in [-0.15, -0.1) is 22.7 Å². The number of carbonyl (C=O) groups is 3. The molecule has 4 aromatic rings. The number of nitrogens with one attached hydrogen (secondary N) is 1. The van der Waals surface area contributed by atoms with Crippen LogP contribution in [-0.4, -0.2) is 29.6 Å². The molecule has 36 heavy (non-hydrogen) atoms. The molecular formula is C29H20N2O3S2. The summed E-state index contributed by atoms with van der Waals surface area (Å²) in [5.41, 5.74) is 2.04. The van der Waals surface area contributed by atoms with Crippen molar-refractivity contribution in [2.45, 2.75) is 17.5 Å². The molecule has 1 spiro atoms. The number of para-hydroxylation sites is 2. The maximum atomic E-state index is 14.4.